The van der Waals surface area contributed by atoms with Crippen molar-refractivity contribution in [3.8, 4) is 22.8 Å². The summed E-state index contributed by atoms with van der Waals surface area (Å²) in [6, 6.07) is 9.96. The Kier molecular flexibility index (Phi) is 5.18. The molecule has 1 aliphatic heterocycles. The summed E-state index contributed by atoms with van der Waals surface area (Å²) in [4.78, 5) is 36.7. The molecule has 5 rings (SSSR count). The molecule has 164 valence electrons. The number of nitrogens with zero attached hydrogens (tertiary/aromatic N) is 4. The van der Waals surface area contributed by atoms with E-state index < -0.39 is 0 Å². The van der Waals surface area contributed by atoms with E-state index in [1.807, 2.05) is 6.07 Å². The highest BCUT2D eigenvalue weighted by Gasteiger charge is 2.16. The van der Waals surface area contributed by atoms with E-state index in [1.54, 1.807) is 24.3 Å². The molecule has 2 aromatic heterocycles. The van der Waals surface area contributed by atoms with E-state index in [0.717, 1.165) is 40.8 Å². The van der Waals surface area contributed by atoms with E-state index in [4.69, 9.17) is 9.47 Å². The molecule has 0 radical (unpaired) electrons. The number of ether oxygens (including phenoxy) is 2. The third-order valence-electron chi connectivity index (χ3n) is 5.50. The normalized spacial score (nSPS) is 13.8. The van der Waals surface area contributed by atoms with E-state index in [2.05, 4.69) is 15.5 Å². The predicted octanol–water partition coefficient (Wildman–Crippen LogP) is 0.501. The van der Waals surface area contributed by atoms with Crippen molar-refractivity contribution in [3.05, 3.63) is 68.4 Å². The van der Waals surface area contributed by atoms with Gasteiger partial charge in [-0.05, 0) is 49.1 Å². The first-order valence-corrected chi connectivity index (χ1v) is 10.4. The summed E-state index contributed by atoms with van der Waals surface area (Å²) in [5.41, 5.74) is 2.68. The molecule has 0 atom stereocenters. The Morgan fingerprint density at radius 2 is 1.84 bits per heavy atom. The molecular weight excluding hydrogens is 414 g/mol. The molecule has 0 saturated carbocycles. The van der Waals surface area contributed by atoms with Crippen molar-refractivity contribution in [2.24, 2.45) is 0 Å². The van der Waals surface area contributed by atoms with Gasteiger partial charge in [0.05, 0.1) is 17.9 Å². The second-order valence-electron chi connectivity index (χ2n) is 7.66. The van der Waals surface area contributed by atoms with Crippen LogP contribution in [0, 0.1) is 0 Å². The van der Waals surface area contributed by atoms with Crippen molar-refractivity contribution in [3.63, 3.8) is 0 Å². The highest BCUT2D eigenvalue weighted by atomic mass is 16.7. The van der Waals surface area contributed by atoms with Gasteiger partial charge in [-0.25, -0.2) is 9.36 Å². The van der Waals surface area contributed by atoms with Gasteiger partial charge in [0.1, 0.15) is 6.54 Å². The summed E-state index contributed by atoms with van der Waals surface area (Å²) < 4.78 is 13.2. The first-order chi connectivity index (χ1) is 15.6. The average molecular weight is 435 g/mol. The van der Waals surface area contributed by atoms with Gasteiger partial charge in [-0.1, -0.05) is 0 Å². The first-order valence-electron chi connectivity index (χ1n) is 10.4. The summed E-state index contributed by atoms with van der Waals surface area (Å²) in [7, 11) is 0. The van der Waals surface area contributed by atoms with Gasteiger partial charge in [0.2, 0.25) is 12.7 Å². The molecule has 1 amide bonds. The number of benzene rings is 1. The lowest BCUT2D eigenvalue weighted by Crippen LogP contribution is -2.36. The minimum absolute atomic E-state index is 0.166. The highest BCUT2D eigenvalue weighted by Crippen LogP contribution is 2.35. The van der Waals surface area contributed by atoms with Crippen molar-refractivity contribution in [2.75, 3.05) is 13.3 Å². The second-order valence-corrected chi connectivity index (χ2v) is 7.66. The monoisotopic (exact) mass is 435 g/mol. The predicted molar refractivity (Wildman–Crippen MR) is 114 cm³/mol. The van der Waals surface area contributed by atoms with Crippen LogP contribution in [-0.4, -0.2) is 38.8 Å². The Morgan fingerprint density at radius 1 is 0.969 bits per heavy atom. The van der Waals surface area contributed by atoms with Crippen LogP contribution in [0.5, 0.6) is 11.5 Å². The SMILES string of the molecule is O=C(Cn1nc(-c2ccc3c(c2)OCO3)ccc1=O)NCCn1nc2c(cc1=O)CCC2. The van der Waals surface area contributed by atoms with Gasteiger partial charge in [0, 0.05) is 24.2 Å². The number of carbonyl (C=O) groups excluding carboxylic acids is 1. The summed E-state index contributed by atoms with van der Waals surface area (Å²) in [6.07, 6.45) is 2.77. The molecular formula is C22H21N5O5. The van der Waals surface area contributed by atoms with E-state index in [1.165, 1.54) is 10.7 Å². The maximum atomic E-state index is 12.4. The number of carbonyl (C=O) groups is 1. The van der Waals surface area contributed by atoms with Crippen LogP contribution < -0.4 is 25.9 Å². The standard InChI is InChI=1S/C22H21N5O5/c28-20(23-8-9-26-22(30)11-14-2-1-3-16(14)24-26)12-27-21(29)7-5-17(25-27)15-4-6-18-19(10-15)32-13-31-18/h4-7,10-11H,1-3,8-9,12-13H2,(H,23,28). The lowest BCUT2D eigenvalue weighted by molar-refractivity contribution is -0.121. The fourth-order valence-electron chi connectivity index (χ4n) is 3.86. The molecule has 0 saturated heterocycles. The molecule has 0 fully saturated rings. The van der Waals surface area contributed by atoms with Crippen molar-refractivity contribution in [2.45, 2.75) is 32.4 Å². The fraction of sp³-hybridized carbons (Fsp3) is 0.318. The average Bonchev–Trinajstić information content (AvgIpc) is 3.43. The third-order valence-corrected chi connectivity index (χ3v) is 5.50. The number of aromatic nitrogens is 4. The Balaban J connectivity index is 1.23. The zero-order chi connectivity index (χ0) is 22.1. The van der Waals surface area contributed by atoms with Crippen molar-refractivity contribution in [1.29, 1.82) is 0 Å². The van der Waals surface area contributed by atoms with E-state index >= 15 is 0 Å². The van der Waals surface area contributed by atoms with Gasteiger partial charge in [-0.2, -0.15) is 10.2 Å². The number of aryl methyl sites for hydroxylation is 2. The number of nitrogens with one attached hydrogen (secondary N) is 1. The molecule has 10 nitrogen and oxygen atoms in total. The van der Waals surface area contributed by atoms with Crippen LogP contribution in [0.4, 0.5) is 0 Å². The Bertz CT molecular complexity index is 1310. The lowest BCUT2D eigenvalue weighted by Gasteiger charge is -2.10. The van der Waals surface area contributed by atoms with Crippen LogP contribution in [0.1, 0.15) is 17.7 Å². The molecule has 0 unspecified atom stereocenters. The molecule has 0 bridgehead atoms. The molecule has 1 N–H and O–H groups in total. The van der Waals surface area contributed by atoms with Crippen LogP contribution in [0.25, 0.3) is 11.3 Å². The number of fused-ring (bicyclic) bond motifs is 2. The molecule has 3 heterocycles. The number of hydrogen-bond acceptors (Lipinski definition) is 7. The summed E-state index contributed by atoms with van der Waals surface area (Å²) in [6.45, 7) is 0.418. The fourth-order valence-corrected chi connectivity index (χ4v) is 3.86. The van der Waals surface area contributed by atoms with E-state index in [-0.39, 0.29) is 43.5 Å². The van der Waals surface area contributed by atoms with Crippen LogP contribution in [0.15, 0.2) is 46.0 Å². The number of rotatable bonds is 6. The summed E-state index contributed by atoms with van der Waals surface area (Å²) in [5, 5.41) is 11.4. The number of hydrogen-bond donors (Lipinski definition) is 1. The quantitative estimate of drug-likeness (QED) is 0.599. The summed E-state index contributed by atoms with van der Waals surface area (Å²) >= 11 is 0. The lowest BCUT2D eigenvalue weighted by atomic mass is 10.1. The molecule has 10 heteroatoms. The third kappa shape index (κ3) is 3.98. The van der Waals surface area contributed by atoms with Crippen molar-refractivity contribution >= 4 is 5.91 Å². The van der Waals surface area contributed by atoms with Crippen molar-refractivity contribution < 1.29 is 14.3 Å². The molecule has 0 spiro atoms. The molecule has 1 aliphatic carbocycles. The largest absolute Gasteiger partial charge is 0.454 e. The molecule has 1 aromatic carbocycles. The van der Waals surface area contributed by atoms with Gasteiger partial charge in [0.25, 0.3) is 11.1 Å². The van der Waals surface area contributed by atoms with Crippen LogP contribution in [-0.2, 0) is 30.7 Å². The van der Waals surface area contributed by atoms with E-state index in [0.29, 0.717) is 17.2 Å². The minimum atomic E-state index is -0.388. The number of amides is 1. The second kappa shape index (κ2) is 8.29. The van der Waals surface area contributed by atoms with Crippen LogP contribution in [0.3, 0.4) is 0 Å². The Labute approximate surface area is 182 Å². The molecule has 32 heavy (non-hydrogen) atoms. The molecule has 3 aromatic rings. The Morgan fingerprint density at radius 3 is 2.75 bits per heavy atom. The van der Waals surface area contributed by atoms with Crippen molar-refractivity contribution in [1.82, 2.24) is 24.9 Å². The zero-order valence-corrected chi connectivity index (χ0v) is 17.2. The smallest absolute Gasteiger partial charge is 0.267 e. The minimum Gasteiger partial charge on any atom is -0.454 e. The highest BCUT2D eigenvalue weighted by molar-refractivity contribution is 5.75. The topological polar surface area (TPSA) is 117 Å². The van der Waals surface area contributed by atoms with Gasteiger partial charge >= 0.3 is 0 Å². The maximum absolute atomic E-state index is 12.4. The van der Waals surface area contributed by atoms with Gasteiger partial charge in [-0.15, -0.1) is 0 Å². The van der Waals surface area contributed by atoms with Crippen LogP contribution >= 0.6 is 0 Å². The first kappa shape index (κ1) is 20.0. The molecule has 2 aliphatic rings. The van der Waals surface area contributed by atoms with Crippen LogP contribution in [0.2, 0.25) is 0 Å². The summed E-state index contributed by atoms with van der Waals surface area (Å²) in [5.74, 6) is 0.880. The van der Waals surface area contributed by atoms with Gasteiger partial charge < -0.3 is 14.8 Å². The maximum Gasteiger partial charge on any atom is 0.267 e. The zero-order valence-electron chi connectivity index (χ0n) is 17.2. The Hall–Kier alpha value is -3.95. The van der Waals surface area contributed by atoms with Gasteiger partial charge in [-0.3, -0.25) is 14.4 Å². The van der Waals surface area contributed by atoms with Gasteiger partial charge in [0.15, 0.2) is 11.5 Å². The van der Waals surface area contributed by atoms with E-state index in [9.17, 15) is 14.4 Å².